The van der Waals surface area contributed by atoms with Crippen LogP contribution in [0.15, 0.2) is 29.8 Å². The van der Waals surface area contributed by atoms with Crippen LogP contribution in [0.4, 0.5) is 0 Å². The van der Waals surface area contributed by atoms with E-state index in [1.807, 2.05) is 0 Å². The van der Waals surface area contributed by atoms with Crippen molar-refractivity contribution in [1.29, 1.82) is 0 Å². The summed E-state index contributed by atoms with van der Waals surface area (Å²) in [5.41, 5.74) is -0.465. The third-order valence-corrected chi connectivity index (χ3v) is 3.52. The third kappa shape index (κ3) is 2.97. The minimum absolute atomic E-state index is 0.0825. The summed E-state index contributed by atoms with van der Waals surface area (Å²) in [5.74, 6) is -2.44. The number of para-hydroxylation sites is 1. The van der Waals surface area contributed by atoms with Gasteiger partial charge in [0.25, 0.3) is 0 Å². The molecule has 0 spiro atoms. The van der Waals surface area contributed by atoms with Gasteiger partial charge in [0.2, 0.25) is 5.78 Å². The Kier molecular flexibility index (Phi) is 4.82. The molecule has 1 aromatic rings. The average Bonchev–Trinajstić information content (AvgIpc) is 2.49. The summed E-state index contributed by atoms with van der Waals surface area (Å²) < 4.78 is 4.87. The van der Waals surface area contributed by atoms with Crippen molar-refractivity contribution < 1.29 is 34.8 Å². The topological polar surface area (TPSA) is 124 Å². The number of ketones is 1. The molecule has 7 nitrogen and oxygen atoms in total. The molecular formula is C14H13ClO7. The maximum atomic E-state index is 12.0. The van der Waals surface area contributed by atoms with Crippen LogP contribution < -0.4 is 0 Å². The number of ether oxygens (including phenoxy) is 1. The van der Waals surface area contributed by atoms with Crippen molar-refractivity contribution in [2.75, 3.05) is 6.61 Å². The lowest BCUT2D eigenvalue weighted by molar-refractivity contribution is -0.136. The Bertz CT molecular complexity index is 640. The molecule has 0 aromatic heterocycles. The van der Waals surface area contributed by atoms with Crippen LogP contribution in [-0.2, 0) is 9.53 Å². The Morgan fingerprint density at radius 1 is 1.32 bits per heavy atom. The Balaban J connectivity index is 2.26. The first-order valence-corrected chi connectivity index (χ1v) is 6.65. The van der Waals surface area contributed by atoms with Gasteiger partial charge in [-0.3, -0.25) is 4.79 Å². The average molecular weight is 329 g/mol. The third-order valence-electron chi connectivity index (χ3n) is 3.22. The van der Waals surface area contributed by atoms with Gasteiger partial charge in [-0.1, -0.05) is 17.7 Å². The first-order valence-electron chi connectivity index (χ1n) is 6.27. The van der Waals surface area contributed by atoms with Crippen LogP contribution >= 0.6 is 11.6 Å². The first kappa shape index (κ1) is 16.4. The number of phenols is 1. The largest absolute Gasteiger partial charge is 0.505 e. The summed E-state index contributed by atoms with van der Waals surface area (Å²) in [4.78, 5) is 24.0. The normalized spacial score (nSPS) is 24.8. The molecule has 2 rings (SSSR count). The highest BCUT2D eigenvalue weighted by Gasteiger charge is 2.40. The quantitative estimate of drug-likeness (QED) is 0.566. The van der Waals surface area contributed by atoms with Crippen molar-refractivity contribution in [3.05, 3.63) is 40.4 Å². The van der Waals surface area contributed by atoms with E-state index in [0.29, 0.717) is 0 Å². The molecule has 1 aromatic carbocycles. The molecular weight excluding hydrogens is 316 g/mol. The maximum Gasteiger partial charge on any atom is 0.342 e. The van der Waals surface area contributed by atoms with Crippen molar-refractivity contribution in [2.45, 2.75) is 18.3 Å². The number of aliphatic hydroxyl groups excluding tert-OH is 3. The van der Waals surface area contributed by atoms with Crippen LogP contribution in [0, 0.1) is 0 Å². The lowest BCUT2D eigenvalue weighted by Crippen LogP contribution is -2.49. The van der Waals surface area contributed by atoms with Gasteiger partial charge < -0.3 is 25.2 Å². The molecule has 4 N–H and O–H groups in total. The van der Waals surface area contributed by atoms with E-state index in [0.717, 1.165) is 6.08 Å². The number of carbonyl (C=O) groups excluding carboxylic acids is 2. The molecule has 0 heterocycles. The van der Waals surface area contributed by atoms with Gasteiger partial charge in [-0.15, -0.1) is 0 Å². The number of hydrogen-bond acceptors (Lipinski definition) is 7. The second-order valence-corrected chi connectivity index (χ2v) is 5.06. The van der Waals surface area contributed by atoms with Gasteiger partial charge in [0.05, 0.1) is 11.6 Å². The molecule has 1 aliphatic carbocycles. The number of halogens is 1. The smallest absolute Gasteiger partial charge is 0.342 e. The second-order valence-electron chi connectivity index (χ2n) is 4.66. The highest BCUT2D eigenvalue weighted by molar-refractivity contribution is 6.32. The molecule has 118 valence electrons. The second kappa shape index (κ2) is 6.45. The zero-order chi connectivity index (χ0) is 16.4. The molecule has 0 saturated heterocycles. The zero-order valence-electron chi connectivity index (χ0n) is 11.1. The number of carbonyl (C=O) groups is 2. The number of phenolic OH excluding ortho intramolecular Hbond substituents is 1. The Hall–Kier alpha value is -1.93. The molecule has 22 heavy (non-hydrogen) atoms. The molecule has 8 heteroatoms. The van der Waals surface area contributed by atoms with Crippen molar-refractivity contribution in [1.82, 2.24) is 0 Å². The minimum atomic E-state index is -1.69. The SMILES string of the molecule is O=C(OC1C(=O)C(CO)=CC(O)C1O)c1cccc(Cl)c1O. The number of aromatic hydroxyl groups is 1. The van der Waals surface area contributed by atoms with E-state index in [2.05, 4.69) is 0 Å². The van der Waals surface area contributed by atoms with Crippen LogP contribution in [0.25, 0.3) is 0 Å². The standard InChI is InChI=1S/C14H13ClO7/c15-8-3-1-2-7(11(8)19)14(21)22-13-10(18)6(5-16)4-9(17)12(13)20/h1-4,9,12-13,16-17,19-20H,5H2. The molecule has 1 aliphatic rings. The van der Waals surface area contributed by atoms with Gasteiger partial charge in [-0.25, -0.2) is 4.79 Å². The van der Waals surface area contributed by atoms with Gasteiger partial charge >= 0.3 is 5.97 Å². The van der Waals surface area contributed by atoms with Crippen LogP contribution in [0.3, 0.4) is 0 Å². The number of rotatable bonds is 3. The highest BCUT2D eigenvalue weighted by Crippen LogP contribution is 2.28. The van der Waals surface area contributed by atoms with E-state index in [4.69, 9.17) is 21.4 Å². The van der Waals surface area contributed by atoms with Gasteiger partial charge in [0.15, 0.2) is 6.10 Å². The highest BCUT2D eigenvalue weighted by atomic mass is 35.5. The molecule has 0 bridgehead atoms. The molecule has 0 radical (unpaired) electrons. The fraction of sp³-hybridized carbons (Fsp3) is 0.286. The van der Waals surface area contributed by atoms with Crippen LogP contribution in [0.5, 0.6) is 5.75 Å². The number of benzene rings is 1. The fourth-order valence-electron chi connectivity index (χ4n) is 2.02. The van der Waals surface area contributed by atoms with Crippen LogP contribution in [0.2, 0.25) is 5.02 Å². The fourth-order valence-corrected chi connectivity index (χ4v) is 2.19. The van der Waals surface area contributed by atoms with Crippen molar-refractivity contribution in [2.24, 2.45) is 0 Å². The van der Waals surface area contributed by atoms with Gasteiger partial charge in [-0.05, 0) is 18.2 Å². The number of esters is 1. The van der Waals surface area contributed by atoms with E-state index in [9.17, 15) is 24.9 Å². The molecule has 0 fully saturated rings. The maximum absolute atomic E-state index is 12.0. The minimum Gasteiger partial charge on any atom is -0.505 e. The number of Topliss-reactive ketones (excluding diaryl/α,β-unsaturated/α-hetero) is 1. The number of hydrogen-bond donors (Lipinski definition) is 4. The van der Waals surface area contributed by atoms with Crippen molar-refractivity contribution in [3.8, 4) is 5.75 Å². The van der Waals surface area contributed by atoms with E-state index in [1.54, 1.807) is 0 Å². The Morgan fingerprint density at radius 2 is 2.00 bits per heavy atom. The van der Waals surface area contributed by atoms with Crippen molar-refractivity contribution >= 4 is 23.4 Å². The summed E-state index contributed by atoms with van der Waals surface area (Å²) in [5, 5.41) is 38.0. The van der Waals surface area contributed by atoms with Crippen LogP contribution in [-0.4, -0.2) is 57.1 Å². The van der Waals surface area contributed by atoms with Gasteiger partial charge in [0, 0.05) is 5.57 Å². The summed E-state index contributed by atoms with van der Waals surface area (Å²) in [6.45, 7) is -0.668. The van der Waals surface area contributed by atoms with E-state index in [1.165, 1.54) is 18.2 Å². The number of aliphatic hydroxyl groups is 3. The van der Waals surface area contributed by atoms with Gasteiger partial charge in [-0.2, -0.15) is 0 Å². The molecule has 3 atom stereocenters. The monoisotopic (exact) mass is 328 g/mol. The summed E-state index contributed by atoms with van der Waals surface area (Å²) in [7, 11) is 0. The Morgan fingerprint density at radius 3 is 2.64 bits per heavy atom. The predicted octanol–water partition coefficient (Wildman–Crippen LogP) is -0.206. The van der Waals surface area contributed by atoms with E-state index >= 15 is 0 Å². The molecule has 0 amide bonds. The van der Waals surface area contributed by atoms with E-state index in [-0.39, 0.29) is 16.2 Å². The summed E-state index contributed by atoms with van der Waals surface area (Å²) >= 11 is 5.67. The predicted molar refractivity (Wildman–Crippen MR) is 74.5 cm³/mol. The summed E-state index contributed by atoms with van der Waals surface area (Å²) in [6, 6.07) is 3.97. The Labute approximate surface area is 130 Å². The lowest BCUT2D eigenvalue weighted by Gasteiger charge is -2.29. The molecule has 0 saturated carbocycles. The zero-order valence-corrected chi connectivity index (χ0v) is 11.9. The lowest BCUT2D eigenvalue weighted by atomic mass is 9.91. The molecule has 0 aliphatic heterocycles. The van der Waals surface area contributed by atoms with Crippen LogP contribution in [0.1, 0.15) is 10.4 Å². The molecule has 3 unspecified atom stereocenters. The first-order chi connectivity index (χ1) is 10.4. The summed E-state index contributed by atoms with van der Waals surface area (Å²) in [6.07, 6.45) is -3.83. The van der Waals surface area contributed by atoms with Crippen molar-refractivity contribution in [3.63, 3.8) is 0 Å². The van der Waals surface area contributed by atoms with Gasteiger partial charge in [0.1, 0.15) is 23.5 Å². The van der Waals surface area contributed by atoms with E-state index < -0.39 is 42.4 Å².